The molecule has 0 aromatic heterocycles. The van der Waals surface area contributed by atoms with Crippen molar-refractivity contribution in [3.8, 4) is 0 Å². The van der Waals surface area contributed by atoms with Gasteiger partial charge >= 0.3 is 29.8 Å². The molecule has 0 aliphatic carbocycles. The third-order valence-electron chi connectivity index (χ3n) is 6.70. The van der Waals surface area contributed by atoms with Crippen LogP contribution in [0.4, 0.5) is 0 Å². The third kappa shape index (κ3) is 40.2. The molecule has 0 aliphatic heterocycles. The molecule has 3 aromatic rings. The van der Waals surface area contributed by atoms with Crippen LogP contribution in [0.2, 0.25) is 0 Å². The maximum absolute atomic E-state index is 11.5. The van der Waals surface area contributed by atoms with Crippen molar-refractivity contribution in [2.24, 2.45) is 0 Å². The molecule has 0 radical (unpaired) electrons. The zero-order valence-electron chi connectivity index (χ0n) is 35.7. The van der Waals surface area contributed by atoms with Gasteiger partial charge in [0.15, 0.2) is 5.78 Å². The van der Waals surface area contributed by atoms with Gasteiger partial charge in [0.05, 0.1) is 45.7 Å². The second-order valence-corrected chi connectivity index (χ2v) is 11.4. The molecule has 0 heterocycles. The molecule has 0 aliphatic rings. The molecule has 0 saturated heterocycles. The first-order chi connectivity index (χ1) is 27.8. The molecule has 324 valence electrons. The lowest BCUT2D eigenvalue weighted by molar-refractivity contribution is -0.138. The van der Waals surface area contributed by atoms with Crippen LogP contribution in [-0.2, 0) is 52.3 Å². The summed E-state index contributed by atoms with van der Waals surface area (Å²) in [4.78, 5) is 62.9. The molecule has 14 nitrogen and oxygen atoms in total. The standard InChI is InChI=1S/C14H20O3.C12H16O3.C9H10O2.3C3H6O2/c1-16-11-7-2-3-8-12-17-14(15)13-9-5-4-6-10-13;1-14-9-5-6-10-15-12(13)11-7-3-2-4-8-11;1-11-7-9(10)8-5-3-2-4-6-8;3*1-3(4)5-2/h4-6,9-10H,2-3,7-8,11-12H2,1H3;2-4,7-8H,5-6,9-10H2,1H3;2-6H,7H2,1H3;3*1-2H3. The maximum atomic E-state index is 11.5. The van der Waals surface area contributed by atoms with Gasteiger partial charge in [-0.05, 0) is 56.4 Å². The third-order valence-corrected chi connectivity index (χ3v) is 6.70. The van der Waals surface area contributed by atoms with Crippen LogP contribution in [0.5, 0.6) is 0 Å². The van der Waals surface area contributed by atoms with Gasteiger partial charge in [-0.25, -0.2) is 9.59 Å². The minimum Gasteiger partial charge on any atom is -0.469 e. The molecule has 0 N–H and O–H groups in total. The minimum atomic E-state index is -0.256. The lowest BCUT2D eigenvalue weighted by Gasteiger charge is -2.04. The van der Waals surface area contributed by atoms with Crippen molar-refractivity contribution in [2.45, 2.75) is 59.3 Å². The highest BCUT2D eigenvalue weighted by atomic mass is 16.5. The molecule has 0 atom stereocenters. The highest BCUT2D eigenvalue weighted by Crippen LogP contribution is 2.05. The van der Waals surface area contributed by atoms with Crippen LogP contribution < -0.4 is 0 Å². The van der Waals surface area contributed by atoms with Crippen molar-refractivity contribution in [3.63, 3.8) is 0 Å². The van der Waals surface area contributed by atoms with Crippen LogP contribution in [-0.4, -0.2) is 111 Å². The van der Waals surface area contributed by atoms with E-state index in [4.69, 9.17) is 23.7 Å². The van der Waals surface area contributed by atoms with Crippen LogP contribution in [0.1, 0.15) is 90.4 Å². The molecule has 0 fully saturated rings. The van der Waals surface area contributed by atoms with Gasteiger partial charge in [-0.2, -0.15) is 0 Å². The van der Waals surface area contributed by atoms with E-state index in [2.05, 4.69) is 14.2 Å². The average molecular weight is 817 g/mol. The number of carbonyl (C=O) groups excluding carboxylic acids is 6. The Morgan fingerprint density at radius 2 is 0.655 bits per heavy atom. The summed E-state index contributed by atoms with van der Waals surface area (Å²) in [5, 5.41) is 0. The Labute approximate surface area is 344 Å². The van der Waals surface area contributed by atoms with Crippen molar-refractivity contribution in [2.75, 3.05) is 75.7 Å². The summed E-state index contributed by atoms with van der Waals surface area (Å²) >= 11 is 0. The lowest BCUT2D eigenvalue weighted by atomic mass is 10.1. The topological polar surface area (TPSA) is 176 Å². The van der Waals surface area contributed by atoms with Gasteiger partial charge in [0.25, 0.3) is 0 Å². The zero-order chi connectivity index (χ0) is 44.2. The number of benzene rings is 3. The van der Waals surface area contributed by atoms with Gasteiger partial charge in [0, 0.05) is 60.9 Å². The predicted octanol–water partition coefficient (Wildman–Crippen LogP) is 7.37. The molecular formula is C44H64O14. The molecule has 3 aromatic carbocycles. The van der Waals surface area contributed by atoms with E-state index in [-0.39, 0.29) is 42.2 Å². The number of ketones is 1. The highest BCUT2D eigenvalue weighted by Gasteiger charge is 2.06. The van der Waals surface area contributed by atoms with Gasteiger partial charge in [-0.3, -0.25) is 19.2 Å². The molecule has 0 unspecified atom stereocenters. The smallest absolute Gasteiger partial charge is 0.338 e. The van der Waals surface area contributed by atoms with Crippen molar-refractivity contribution in [1.82, 2.24) is 0 Å². The van der Waals surface area contributed by atoms with Crippen LogP contribution in [0.3, 0.4) is 0 Å². The Kier molecular flexibility index (Phi) is 41.9. The highest BCUT2D eigenvalue weighted by molar-refractivity contribution is 5.97. The van der Waals surface area contributed by atoms with Crippen molar-refractivity contribution >= 4 is 35.6 Å². The van der Waals surface area contributed by atoms with Crippen LogP contribution in [0.15, 0.2) is 91.0 Å². The van der Waals surface area contributed by atoms with E-state index in [1.54, 1.807) is 50.6 Å². The monoisotopic (exact) mass is 816 g/mol. The van der Waals surface area contributed by atoms with E-state index >= 15 is 0 Å². The molecule has 0 amide bonds. The van der Waals surface area contributed by atoms with Crippen molar-refractivity contribution < 1.29 is 66.7 Å². The summed E-state index contributed by atoms with van der Waals surface area (Å²) < 4.78 is 37.1. The Morgan fingerprint density at radius 1 is 0.379 bits per heavy atom. The fraction of sp³-hybridized carbons (Fsp3) is 0.455. The molecule has 0 saturated carbocycles. The first-order valence-corrected chi connectivity index (χ1v) is 18.5. The minimum absolute atomic E-state index is 0.0214. The SMILES string of the molecule is COC(C)=O.COC(C)=O.COC(C)=O.COCC(=O)c1ccccc1.COCCCCCCOC(=O)c1ccccc1.COCCCCOC(=O)c1ccccc1. The lowest BCUT2D eigenvalue weighted by Crippen LogP contribution is -2.06. The summed E-state index contributed by atoms with van der Waals surface area (Å²) in [7, 11) is 8.94. The van der Waals surface area contributed by atoms with Crippen LogP contribution in [0.25, 0.3) is 0 Å². The molecule has 0 bridgehead atoms. The number of carbonyl (C=O) groups is 6. The quantitative estimate of drug-likeness (QED) is 0.0571. The number of unbranched alkanes of at least 4 members (excludes halogenated alkanes) is 4. The van der Waals surface area contributed by atoms with Gasteiger partial charge in [-0.15, -0.1) is 0 Å². The number of hydrogen-bond donors (Lipinski definition) is 0. The summed E-state index contributed by atoms with van der Waals surface area (Å²) in [6.45, 7) is 6.72. The Hall–Kier alpha value is -5.44. The number of Topliss-reactive ketones (excluding diaryl/α,β-unsaturated/α-hetero) is 1. The molecule has 3 rings (SSSR count). The number of rotatable bonds is 17. The average Bonchev–Trinajstić information content (AvgIpc) is 3.25. The Bertz CT molecular complexity index is 1420. The van der Waals surface area contributed by atoms with E-state index in [9.17, 15) is 28.8 Å². The summed E-state index contributed by atoms with van der Waals surface area (Å²) in [6, 6.07) is 27.2. The second kappa shape index (κ2) is 42.7. The second-order valence-electron chi connectivity index (χ2n) is 11.4. The van der Waals surface area contributed by atoms with Gasteiger partial charge in [0.1, 0.15) is 6.61 Å². The van der Waals surface area contributed by atoms with Crippen molar-refractivity contribution in [1.29, 1.82) is 0 Å². The predicted molar refractivity (Wildman–Crippen MR) is 221 cm³/mol. The van der Waals surface area contributed by atoms with Gasteiger partial charge in [-0.1, -0.05) is 73.2 Å². The van der Waals surface area contributed by atoms with E-state index in [0.29, 0.717) is 36.5 Å². The Morgan fingerprint density at radius 3 is 0.948 bits per heavy atom. The van der Waals surface area contributed by atoms with E-state index < -0.39 is 0 Å². The first-order valence-electron chi connectivity index (χ1n) is 18.5. The number of methoxy groups -OCH3 is 6. The number of ether oxygens (including phenoxy) is 8. The number of hydrogen-bond acceptors (Lipinski definition) is 14. The fourth-order valence-corrected chi connectivity index (χ4v) is 3.53. The summed E-state index contributed by atoms with van der Waals surface area (Å²) in [6.07, 6.45) is 5.94. The first kappa shape index (κ1) is 56.9. The van der Waals surface area contributed by atoms with Gasteiger partial charge in [0.2, 0.25) is 0 Å². The van der Waals surface area contributed by atoms with E-state index in [1.165, 1.54) is 49.2 Å². The summed E-state index contributed by atoms with van der Waals surface area (Å²) in [5.41, 5.74) is 1.92. The largest absolute Gasteiger partial charge is 0.469 e. The number of esters is 5. The van der Waals surface area contributed by atoms with E-state index in [0.717, 1.165) is 45.1 Å². The van der Waals surface area contributed by atoms with Crippen LogP contribution >= 0.6 is 0 Å². The normalized spacial score (nSPS) is 9.12. The van der Waals surface area contributed by atoms with E-state index in [1.807, 2.05) is 54.6 Å². The van der Waals surface area contributed by atoms with Gasteiger partial charge < -0.3 is 37.9 Å². The molecule has 0 spiro atoms. The fourth-order valence-electron chi connectivity index (χ4n) is 3.53. The maximum Gasteiger partial charge on any atom is 0.338 e. The Balaban J connectivity index is -0.000000673. The van der Waals surface area contributed by atoms with Crippen LogP contribution in [0, 0.1) is 0 Å². The molecule has 58 heavy (non-hydrogen) atoms. The molecule has 14 heteroatoms. The summed E-state index contributed by atoms with van der Waals surface area (Å²) in [5.74, 6) is -1.20. The van der Waals surface area contributed by atoms with Crippen molar-refractivity contribution in [3.05, 3.63) is 108 Å². The zero-order valence-corrected chi connectivity index (χ0v) is 35.7. The molecular weight excluding hydrogens is 752 g/mol.